The van der Waals surface area contributed by atoms with E-state index in [1.165, 1.54) is 0 Å². The fourth-order valence-electron chi connectivity index (χ4n) is 3.39. The summed E-state index contributed by atoms with van der Waals surface area (Å²) in [6.45, 7) is 4.21. The standard InChI is InChI=1S/C18H27NO4/c1-11(2)7-14-13(10-20)8-15(19-18(14)21)12-5-6-16(22-3)17(9-12)23-4/h5-6,9-11,13-15,18-19,21H,7-8H2,1-4H3. The first-order valence-corrected chi connectivity index (χ1v) is 8.11. The molecule has 2 rings (SSSR count). The number of rotatable bonds is 6. The van der Waals surface area contributed by atoms with Gasteiger partial charge in [0, 0.05) is 17.9 Å². The van der Waals surface area contributed by atoms with E-state index in [1.54, 1.807) is 14.2 Å². The SMILES string of the molecule is COc1ccc(C2CC(C=O)C(CC(C)C)C(O)N2)cc1OC. The van der Waals surface area contributed by atoms with E-state index < -0.39 is 6.23 Å². The largest absolute Gasteiger partial charge is 0.493 e. The van der Waals surface area contributed by atoms with Crippen LogP contribution in [0.25, 0.3) is 0 Å². The summed E-state index contributed by atoms with van der Waals surface area (Å²) >= 11 is 0. The van der Waals surface area contributed by atoms with E-state index in [0.29, 0.717) is 23.8 Å². The lowest BCUT2D eigenvalue weighted by molar-refractivity contribution is -0.118. The molecule has 0 spiro atoms. The Labute approximate surface area is 138 Å². The minimum absolute atomic E-state index is 0.0381. The van der Waals surface area contributed by atoms with Crippen molar-refractivity contribution in [2.75, 3.05) is 14.2 Å². The molecule has 4 atom stereocenters. The van der Waals surface area contributed by atoms with Gasteiger partial charge in [0.25, 0.3) is 0 Å². The van der Waals surface area contributed by atoms with Gasteiger partial charge >= 0.3 is 0 Å². The fourth-order valence-corrected chi connectivity index (χ4v) is 3.39. The molecule has 23 heavy (non-hydrogen) atoms. The number of aliphatic hydroxyl groups excluding tert-OH is 1. The lowest BCUT2D eigenvalue weighted by atomic mass is 9.77. The van der Waals surface area contributed by atoms with Crippen LogP contribution in [0.15, 0.2) is 18.2 Å². The Hall–Kier alpha value is -1.59. The first-order chi connectivity index (χ1) is 11.0. The van der Waals surface area contributed by atoms with Crippen molar-refractivity contribution in [2.45, 2.75) is 39.0 Å². The van der Waals surface area contributed by atoms with Crippen molar-refractivity contribution < 1.29 is 19.4 Å². The van der Waals surface area contributed by atoms with Crippen LogP contribution in [0.2, 0.25) is 0 Å². The van der Waals surface area contributed by atoms with Crippen LogP contribution < -0.4 is 14.8 Å². The third-order valence-electron chi connectivity index (χ3n) is 4.56. The number of piperidine rings is 1. The van der Waals surface area contributed by atoms with Crippen LogP contribution in [0.1, 0.15) is 38.3 Å². The smallest absolute Gasteiger partial charge is 0.161 e. The number of benzene rings is 1. The Balaban J connectivity index is 2.20. The Morgan fingerprint density at radius 3 is 2.57 bits per heavy atom. The molecule has 0 aliphatic carbocycles. The van der Waals surface area contributed by atoms with E-state index in [-0.39, 0.29) is 17.9 Å². The molecule has 0 saturated carbocycles. The van der Waals surface area contributed by atoms with Gasteiger partial charge in [-0.05, 0) is 36.5 Å². The molecule has 1 aliphatic heterocycles. The number of nitrogens with one attached hydrogen (secondary N) is 1. The van der Waals surface area contributed by atoms with Gasteiger partial charge in [0.1, 0.15) is 12.5 Å². The average molecular weight is 321 g/mol. The monoisotopic (exact) mass is 321 g/mol. The van der Waals surface area contributed by atoms with Crippen molar-refractivity contribution >= 4 is 6.29 Å². The molecular formula is C18H27NO4. The van der Waals surface area contributed by atoms with E-state index in [1.807, 2.05) is 18.2 Å². The maximum absolute atomic E-state index is 11.5. The van der Waals surface area contributed by atoms with Crippen LogP contribution >= 0.6 is 0 Å². The molecule has 0 amide bonds. The summed E-state index contributed by atoms with van der Waals surface area (Å²) in [4.78, 5) is 11.5. The van der Waals surface area contributed by atoms with E-state index >= 15 is 0 Å². The lowest BCUT2D eigenvalue weighted by Crippen LogP contribution is -2.48. The molecular weight excluding hydrogens is 294 g/mol. The van der Waals surface area contributed by atoms with Crippen LogP contribution in [-0.4, -0.2) is 31.8 Å². The van der Waals surface area contributed by atoms with E-state index in [4.69, 9.17) is 9.47 Å². The molecule has 0 aromatic heterocycles. The highest BCUT2D eigenvalue weighted by Gasteiger charge is 2.37. The second-order valence-electron chi connectivity index (χ2n) is 6.61. The van der Waals surface area contributed by atoms with Gasteiger partial charge in [-0.3, -0.25) is 5.32 Å². The van der Waals surface area contributed by atoms with E-state index in [2.05, 4.69) is 19.2 Å². The van der Waals surface area contributed by atoms with Crippen molar-refractivity contribution in [1.82, 2.24) is 5.32 Å². The van der Waals surface area contributed by atoms with Gasteiger partial charge in [-0.2, -0.15) is 0 Å². The molecule has 1 aromatic carbocycles. The van der Waals surface area contributed by atoms with Gasteiger partial charge < -0.3 is 19.4 Å². The van der Waals surface area contributed by atoms with Gasteiger partial charge in [-0.1, -0.05) is 19.9 Å². The Morgan fingerprint density at radius 1 is 1.30 bits per heavy atom. The Morgan fingerprint density at radius 2 is 2.00 bits per heavy atom. The summed E-state index contributed by atoms with van der Waals surface area (Å²) in [6, 6.07) is 5.60. The molecule has 4 unspecified atom stereocenters. The molecule has 5 nitrogen and oxygen atoms in total. The van der Waals surface area contributed by atoms with Crippen molar-refractivity contribution in [3.05, 3.63) is 23.8 Å². The number of methoxy groups -OCH3 is 2. The zero-order chi connectivity index (χ0) is 17.0. The summed E-state index contributed by atoms with van der Waals surface area (Å²) in [5.41, 5.74) is 0.983. The second kappa shape index (κ2) is 7.79. The number of aliphatic hydroxyl groups is 1. The molecule has 0 bridgehead atoms. The van der Waals surface area contributed by atoms with Crippen molar-refractivity contribution in [1.29, 1.82) is 0 Å². The zero-order valence-corrected chi connectivity index (χ0v) is 14.3. The molecule has 1 saturated heterocycles. The topological polar surface area (TPSA) is 67.8 Å². The van der Waals surface area contributed by atoms with Crippen molar-refractivity contribution in [3.8, 4) is 11.5 Å². The van der Waals surface area contributed by atoms with Gasteiger partial charge in [-0.15, -0.1) is 0 Å². The average Bonchev–Trinajstić information content (AvgIpc) is 2.55. The molecule has 1 aliphatic rings. The quantitative estimate of drug-likeness (QED) is 0.788. The highest BCUT2D eigenvalue weighted by atomic mass is 16.5. The van der Waals surface area contributed by atoms with Gasteiger partial charge in [0.2, 0.25) is 0 Å². The maximum atomic E-state index is 11.5. The lowest BCUT2D eigenvalue weighted by Gasteiger charge is -2.39. The first-order valence-electron chi connectivity index (χ1n) is 8.11. The zero-order valence-electron chi connectivity index (χ0n) is 14.3. The predicted octanol–water partition coefficient (Wildman–Crippen LogP) is 2.53. The van der Waals surface area contributed by atoms with Crippen LogP contribution in [0.5, 0.6) is 11.5 Å². The summed E-state index contributed by atoms with van der Waals surface area (Å²) in [6.07, 6.45) is 1.81. The van der Waals surface area contributed by atoms with Crippen molar-refractivity contribution in [3.63, 3.8) is 0 Å². The number of aldehydes is 1. The highest BCUT2D eigenvalue weighted by molar-refractivity contribution is 5.55. The van der Waals surface area contributed by atoms with E-state index in [0.717, 1.165) is 18.3 Å². The van der Waals surface area contributed by atoms with Gasteiger partial charge in [0.05, 0.1) is 14.2 Å². The van der Waals surface area contributed by atoms with Crippen LogP contribution in [0.3, 0.4) is 0 Å². The summed E-state index contributed by atoms with van der Waals surface area (Å²) in [5, 5.41) is 13.7. The van der Waals surface area contributed by atoms with Gasteiger partial charge in [0.15, 0.2) is 11.5 Å². The fraction of sp³-hybridized carbons (Fsp3) is 0.611. The summed E-state index contributed by atoms with van der Waals surface area (Å²) < 4.78 is 10.6. The third-order valence-corrected chi connectivity index (χ3v) is 4.56. The first kappa shape index (κ1) is 17.8. The van der Waals surface area contributed by atoms with Crippen LogP contribution in [0, 0.1) is 17.8 Å². The maximum Gasteiger partial charge on any atom is 0.161 e. The number of hydrogen-bond donors (Lipinski definition) is 2. The Kier molecular flexibility index (Phi) is 6.02. The molecule has 0 radical (unpaired) electrons. The van der Waals surface area contributed by atoms with E-state index in [9.17, 15) is 9.90 Å². The van der Waals surface area contributed by atoms with Crippen LogP contribution in [-0.2, 0) is 4.79 Å². The molecule has 1 fully saturated rings. The second-order valence-corrected chi connectivity index (χ2v) is 6.61. The highest BCUT2D eigenvalue weighted by Crippen LogP contribution is 2.38. The minimum atomic E-state index is -0.681. The Bertz CT molecular complexity index is 532. The number of carbonyl (C=O) groups is 1. The minimum Gasteiger partial charge on any atom is -0.493 e. The van der Waals surface area contributed by atoms with Gasteiger partial charge in [-0.25, -0.2) is 0 Å². The molecule has 2 N–H and O–H groups in total. The molecule has 5 heteroatoms. The normalized spacial score (nSPS) is 27.7. The number of hydrogen-bond acceptors (Lipinski definition) is 5. The van der Waals surface area contributed by atoms with Crippen molar-refractivity contribution in [2.24, 2.45) is 17.8 Å². The number of ether oxygens (including phenoxy) is 2. The van der Waals surface area contributed by atoms with Crippen LogP contribution in [0.4, 0.5) is 0 Å². The summed E-state index contributed by atoms with van der Waals surface area (Å²) in [7, 11) is 3.19. The molecule has 1 heterocycles. The molecule has 1 aromatic rings. The molecule has 128 valence electrons. The number of carbonyl (C=O) groups excluding carboxylic acids is 1. The predicted molar refractivity (Wildman–Crippen MR) is 88.5 cm³/mol. The third kappa shape index (κ3) is 4.03. The summed E-state index contributed by atoms with van der Waals surface area (Å²) in [5.74, 6) is 1.57.